The van der Waals surface area contributed by atoms with Crippen LogP contribution in [0.2, 0.25) is 0 Å². The number of hydrogen-bond acceptors (Lipinski definition) is 3. The second kappa shape index (κ2) is 10.1. The highest BCUT2D eigenvalue weighted by atomic mass is 127. The van der Waals surface area contributed by atoms with Gasteiger partial charge in [-0.2, -0.15) is 0 Å². The van der Waals surface area contributed by atoms with Gasteiger partial charge in [0.2, 0.25) is 0 Å². The predicted molar refractivity (Wildman–Crippen MR) is 98.5 cm³/mol. The molecule has 2 rings (SSSR count). The van der Waals surface area contributed by atoms with E-state index in [0.717, 1.165) is 36.0 Å². The van der Waals surface area contributed by atoms with Gasteiger partial charge in [0.15, 0.2) is 5.96 Å². The summed E-state index contributed by atoms with van der Waals surface area (Å²) in [6.45, 7) is 7.78. The Hall–Kier alpha value is -1.70. The molecule has 0 aliphatic heterocycles. The van der Waals surface area contributed by atoms with Crippen LogP contribution < -0.4 is 10.6 Å². The van der Waals surface area contributed by atoms with Gasteiger partial charge < -0.3 is 19.5 Å². The second-order valence-electron chi connectivity index (χ2n) is 4.81. The Kier molecular flexibility index (Phi) is 8.42. The highest BCUT2D eigenvalue weighted by Gasteiger charge is 2.01. The third-order valence-corrected chi connectivity index (χ3v) is 2.77. The van der Waals surface area contributed by atoms with Crippen LogP contribution in [-0.2, 0) is 13.0 Å². The van der Waals surface area contributed by atoms with Gasteiger partial charge in [0, 0.05) is 19.5 Å². The van der Waals surface area contributed by atoms with Gasteiger partial charge in [0.1, 0.15) is 18.1 Å². The fraction of sp³-hybridized carbons (Fsp3) is 0.312. The highest BCUT2D eigenvalue weighted by molar-refractivity contribution is 14.0. The normalized spacial score (nSPS) is 10.9. The number of halogens is 1. The van der Waals surface area contributed by atoms with E-state index in [1.54, 1.807) is 12.5 Å². The number of aliphatic imine (C=N–C) groups is 1. The van der Waals surface area contributed by atoms with Crippen molar-refractivity contribution in [3.63, 3.8) is 0 Å². The molecule has 0 atom stereocenters. The fourth-order valence-electron chi connectivity index (χ4n) is 1.73. The van der Waals surface area contributed by atoms with Gasteiger partial charge in [-0.15, -0.1) is 24.0 Å². The van der Waals surface area contributed by atoms with Gasteiger partial charge in [0.05, 0.1) is 12.5 Å². The number of guanidine groups is 1. The number of furan rings is 2. The monoisotopic (exact) mass is 415 g/mol. The zero-order chi connectivity index (χ0) is 14.9. The molecule has 0 fully saturated rings. The molecule has 0 saturated heterocycles. The molecule has 120 valence electrons. The van der Waals surface area contributed by atoms with E-state index in [1.165, 1.54) is 0 Å². The molecule has 0 radical (unpaired) electrons. The molecular weight excluding hydrogens is 393 g/mol. The Balaban J connectivity index is 0.00000242. The third kappa shape index (κ3) is 6.84. The summed E-state index contributed by atoms with van der Waals surface area (Å²) in [5.74, 6) is 2.52. The molecule has 0 aliphatic rings. The molecule has 2 heterocycles. The van der Waals surface area contributed by atoms with Gasteiger partial charge in [-0.1, -0.05) is 12.2 Å². The van der Waals surface area contributed by atoms with Crippen molar-refractivity contribution in [3.8, 4) is 0 Å². The maximum Gasteiger partial charge on any atom is 0.191 e. The summed E-state index contributed by atoms with van der Waals surface area (Å²) in [6.07, 6.45) is 4.14. The Labute approximate surface area is 147 Å². The summed E-state index contributed by atoms with van der Waals surface area (Å²) in [5, 5.41) is 6.50. The SMILES string of the molecule is C=C(C)CNC(=NCc1ccco1)NCCc1ccco1.I. The van der Waals surface area contributed by atoms with Crippen molar-refractivity contribution in [2.24, 2.45) is 4.99 Å². The van der Waals surface area contributed by atoms with Crippen LogP contribution in [0.5, 0.6) is 0 Å². The average molecular weight is 415 g/mol. The molecular formula is C16H22IN3O2. The molecule has 6 heteroatoms. The van der Waals surface area contributed by atoms with E-state index < -0.39 is 0 Å². The molecule has 5 nitrogen and oxygen atoms in total. The quantitative estimate of drug-likeness (QED) is 0.315. The van der Waals surface area contributed by atoms with E-state index in [9.17, 15) is 0 Å². The maximum atomic E-state index is 5.30. The van der Waals surface area contributed by atoms with E-state index >= 15 is 0 Å². The Morgan fingerprint density at radius 2 is 1.82 bits per heavy atom. The topological polar surface area (TPSA) is 62.7 Å². The van der Waals surface area contributed by atoms with E-state index in [4.69, 9.17) is 8.83 Å². The van der Waals surface area contributed by atoms with Gasteiger partial charge in [0.25, 0.3) is 0 Å². The molecule has 0 aromatic carbocycles. The first kappa shape index (κ1) is 18.3. The van der Waals surface area contributed by atoms with Gasteiger partial charge in [-0.3, -0.25) is 0 Å². The standard InChI is InChI=1S/C16H21N3O2.HI/c1-13(2)11-18-16(19-12-15-6-4-10-21-15)17-8-7-14-5-3-9-20-14;/h3-6,9-10H,1,7-8,11-12H2,2H3,(H2,17,18,19);1H. The summed E-state index contributed by atoms with van der Waals surface area (Å²) >= 11 is 0. The lowest BCUT2D eigenvalue weighted by Crippen LogP contribution is -2.39. The molecule has 0 saturated carbocycles. The number of hydrogen-bond donors (Lipinski definition) is 2. The fourth-order valence-corrected chi connectivity index (χ4v) is 1.73. The van der Waals surface area contributed by atoms with Gasteiger partial charge in [-0.05, 0) is 31.2 Å². The van der Waals surface area contributed by atoms with Crippen LogP contribution in [-0.4, -0.2) is 19.0 Å². The van der Waals surface area contributed by atoms with E-state index in [-0.39, 0.29) is 24.0 Å². The van der Waals surface area contributed by atoms with Crippen LogP contribution >= 0.6 is 24.0 Å². The molecule has 0 spiro atoms. The predicted octanol–water partition coefficient (Wildman–Crippen LogP) is 3.34. The van der Waals surface area contributed by atoms with E-state index in [1.807, 2.05) is 31.2 Å². The summed E-state index contributed by atoms with van der Waals surface area (Å²) in [7, 11) is 0. The second-order valence-corrected chi connectivity index (χ2v) is 4.81. The number of rotatable bonds is 7. The molecule has 0 amide bonds. The van der Waals surface area contributed by atoms with Gasteiger partial charge in [-0.25, -0.2) is 4.99 Å². The molecule has 0 unspecified atom stereocenters. The Morgan fingerprint density at radius 1 is 1.14 bits per heavy atom. The lowest BCUT2D eigenvalue weighted by Gasteiger charge is -2.11. The van der Waals surface area contributed by atoms with Crippen molar-refractivity contribution in [1.29, 1.82) is 0 Å². The first-order chi connectivity index (χ1) is 10.2. The Bertz CT molecular complexity index is 562. The minimum atomic E-state index is 0. The van der Waals surface area contributed by atoms with Crippen molar-refractivity contribution in [2.75, 3.05) is 13.1 Å². The molecule has 0 aliphatic carbocycles. The number of nitrogens with zero attached hydrogens (tertiary/aromatic N) is 1. The van der Waals surface area contributed by atoms with Crippen molar-refractivity contribution >= 4 is 29.9 Å². The lowest BCUT2D eigenvalue weighted by molar-refractivity contribution is 0.505. The number of nitrogens with one attached hydrogen (secondary N) is 2. The average Bonchev–Trinajstić information content (AvgIpc) is 3.14. The molecule has 0 bridgehead atoms. The summed E-state index contributed by atoms with van der Waals surface area (Å²) < 4.78 is 10.6. The minimum absolute atomic E-state index is 0. The minimum Gasteiger partial charge on any atom is -0.469 e. The van der Waals surface area contributed by atoms with Crippen molar-refractivity contribution in [3.05, 3.63) is 60.5 Å². The van der Waals surface area contributed by atoms with Crippen LogP contribution in [0.25, 0.3) is 0 Å². The first-order valence-corrected chi connectivity index (χ1v) is 6.95. The largest absolute Gasteiger partial charge is 0.469 e. The summed E-state index contributed by atoms with van der Waals surface area (Å²) in [4.78, 5) is 4.49. The van der Waals surface area contributed by atoms with Crippen LogP contribution in [0.1, 0.15) is 18.4 Å². The molecule has 22 heavy (non-hydrogen) atoms. The van der Waals surface area contributed by atoms with Crippen LogP contribution in [0.4, 0.5) is 0 Å². The van der Waals surface area contributed by atoms with Crippen LogP contribution in [0.3, 0.4) is 0 Å². The molecule has 2 aromatic heterocycles. The maximum absolute atomic E-state index is 5.30. The van der Waals surface area contributed by atoms with Gasteiger partial charge >= 0.3 is 0 Å². The van der Waals surface area contributed by atoms with E-state index in [2.05, 4.69) is 22.2 Å². The zero-order valence-corrected chi connectivity index (χ0v) is 15.0. The highest BCUT2D eigenvalue weighted by Crippen LogP contribution is 2.02. The molecule has 2 aromatic rings. The molecule has 2 N–H and O–H groups in total. The third-order valence-electron chi connectivity index (χ3n) is 2.77. The van der Waals surface area contributed by atoms with E-state index in [0.29, 0.717) is 13.1 Å². The zero-order valence-electron chi connectivity index (χ0n) is 12.7. The Morgan fingerprint density at radius 3 is 2.41 bits per heavy atom. The summed E-state index contributed by atoms with van der Waals surface area (Å²) in [5.41, 5.74) is 1.05. The lowest BCUT2D eigenvalue weighted by atomic mass is 10.3. The first-order valence-electron chi connectivity index (χ1n) is 6.95. The summed E-state index contributed by atoms with van der Waals surface area (Å²) in [6, 6.07) is 7.61. The van der Waals surface area contributed by atoms with Crippen molar-refractivity contribution < 1.29 is 8.83 Å². The van der Waals surface area contributed by atoms with Crippen LogP contribution in [0, 0.1) is 0 Å². The van der Waals surface area contributed by atoms with Crippen LogP contribution in [0.15, 0.2) is 62.8 Å². The smallest absolute Gasteiger partial charge is 0.191 e. The van der Waals surface area contributed by atoms with Crippen molar-refractivity contribution in [2.45, 2.75) is 19.9 Å². The van der Waals surface area contributed by atoms with Crippen molar-refractivity contribution in [1.82, 2.24) is 10.6 Å².